The second kappa shape index (κ2) is 34.5. The number of aliphatic hydroxyl groups excluding tert-OH is 1. The molecule has 11 nitrogen and oxygen atoms in total. The van der Waals surface area contributed by atoms with Crippen molar-refractivity contribution in [3.8, 4) is 5.75 Å². The molecule has 0 bridgehead atoms. The van der Waals surface area contributed by atoms with Crippen LogP contribution in [0.25, 0.3) is 0 Å². The van der Waals surface area contributed by atoms with Crippen LogP contribution < -0.4 is 4.74 Å². The lowest BCUT2D eigenvalue weighted by Gasteiger charge is -2.09. The van der Waals surface area contributed by atoms with Crippen LogP contribution >= 0.6 is 0 Å². The second-order valence-electron chi connectivity index (χ2n) is 9.94. The Morgan fingerprint density at radius 1 is 0.409 bits per heavy atom. The van der Waals surface area contributed by atoms with Crippen LogP contribution in [-0.2, 0) is 49.2 Å². The molecule has 0 fully saturated rings. The van der Waals surface area contributed by atoms with E-state index in [1.165, 1.54) is 32.1 Å². The third-order valence-electron chi connectivity index (χ3n) is 6.17. The quantitative estimate of drug-likeness (QED) is 0.108. The summed E-state index contributed by atoms with van der Waals surface area (Å²) in [6.07, 6.45) is 7.61. The van der Waals surface area contributed by atoms with Crippen molar-refractivity contribution in [2.75, 3.05) is 126 Å². The van der Waals surface area contributed by atoms with Gasteiger partial charge in [-0.05, 0) is 24.1 Å². The van der Waals surface area contributed by atoms with Crippen molar-refractivity contribution in [1.82, 2.24) is 0 Å². The highest BCUT2D eigenvalue weighted by atomic mass is 16.6. The van der Waals surface area contributed by atoms with Crippen molar-refractivity contribution in [2.45, 2.75) is 52.1 Å². The molecule has 0 unspecified atom stereocenters. The summed E-state index contributed by atoms with van der Waals surface area (Å²) in [5.74, 6) is 0.918. The van der Waals surface area contributed by atoms with Crippen LogP contribution in [0, 0.1) is 0 Å². The first-order chi connectivity index (χ1) is 21.9. The summed E-state index contributed by atoms with van der Waals surface area (Å²) in [6, 6.07) is 8.12. The highest BCUT2D eigenvalue weighted by Crippen LogP contribution is 2.14. The molecule has 0 heterocycles. The highest BCUT2D eigenvalue weighted by Gasteiger charge is 1.99. The Bertz CT molecular complexity index is 678. The van der Waals surface area contributed by atoms with Crippen molar-refractivity contribution in [3.05, 3.63) is 29.8 Å². The van der Waals surface area contributed by atoms with Crippen LogP contribution in [0.3, 0.4) is 0 Å². The maximum Gasteiger partial charge on any atom is 0.119 e. The number of benzene rings is 1. The van der Waals surface area contributed by atoms with Crippen LogP contribution in [0.4, 0.5) is 0 Å². The first-order valence-corrected chi connectivity index (χ1v) is 16.4. The lowest BCUT2D eigenvalue weighted by molar-refractivity contribution is -0.0258. The molecule has 0 saturated heterocycles. The monoisotopic (exact) mass is 632 g/mol. The summed E-state index contributed by atoms with van der Waals surface area (Å²) in [7, 11) is 0. The Morgan fingerprint density at radius 2 is 0.773 bits per heavy atom. The van der Waals surface area contributed by atoms with Gasteiger partial charge in [-0.3, -0.25) is 0 Å². The first kappa shape index (κ1) is 40.6. The van der Waals surface area contributed by atoms with Gasteiger partial charge in [-0.2, -0.15) is 0 Å². The number of aliphatic hydroxyl groups is 1. The lowest BCUT2D eigenvalue weighted by Crippen LogP contribution is -2.15. The van der Waals surface area contributed by atoms with Crippen molar-refractivity contribution >= 4 is 0 Å². The van der Waals surface area contributed by atoms with Gasteiger partial charge in [0.25, 0.3) is 0 Å². The fourth-order valence-electron chi connectivity index (χ4n) is 3.77. The van der Waals surface area contributed by atoms with E-state index in [1.54, 1.807) is 0 Å². The number of unbranched alkanes of at least 4 members (excludes halogenated alkanes) is 5. The zero-order chi connectivity index (χ0) is 31.4. The van der Waals surface area contributed by atoms with E-state index in [2.05, 4.69) is 6.92 Å². The third kappa shape index (κ3) is 29.3. The van der Waals surface area contributed by atoms with E-state index < -0.39 is 0 Å². The number of hydrogen-bond acceptors (Lipinski definition) is 11. The van der Waals surface area contributed by atoms with Gasteiger partial charge in [-0.15, -0.1) is 0 Å². The van der Waals surface area contributed by atoms with Crippen LogP contribution in [0.5, 0.6) is 5.75 Å². The van der Waals surface area contributed by atoms with E-state index in [-0.39, 0.29) is 6.61 Å². The summed E-state index contributed by atoms with van der Waals surface area (Å²) in [5, 5.41) is 8.58. The molecule has 0 amide bonds. The minimum absolute atomic E-state index is 0.0282. The smallest absolute Gasteiger partial charge is 0.119 e. The minimum Gasteiger partial charge on any atom is -0.494 e. The largest absolute Gasteiger partial charge is 0.494 e. The topological polar surface area (TPSA) is 113 Å². The van der Waals surface area contributed by atoms with Gasteiger partial charge >= 0.3 is 0 Å². The van der Waals surface area contributed by atoms with Crippen LogP contribution in [-0.4, -0.2) is 131 Å². The number of rotatable bonds is 36. The SMILES string of the molecule is CCCCCCCCOc1ccc(COCCOCCOCCOCCOCCOCCOCCOCCOCCO)cc1. The zero-order valence-electron chi connectivity index (χ0n) is 27.2. The summed E-state index contributed by atoms with van der Waals surface area (Å²) in [4.78, 5) is 0. The van der Waals surface area contributed by atoms with Crippen LogP contribution in [0.15, 0.2) is 24.3 Å². The van der Waals surface area contributed by atoms with Crippen molar-refractivity contribution < 1.29 is 52.5 Å². The van der Waals surface area contributed by atoms with Gasteiger partial charge in [-0.25, -0.2) is 0 Å². The average molecular weight is 633 g/mol. The molecule has 1 aromatic carbocycles. The molecule has 0 aliphatic rings. The molecule has 1 rings (SSSR count). The zero-order valence-corrected chi connectivity index (χ0v) is 27.2. The Balaban J connectivity index is 1.73. The maximum absolute atomic E-state index is 8.58. The van der Waals surface area contributed by atoms with E-state index in [1.807, 2.05) is 24.3 Å². The highest BCUT2D eigenvalue weighted by molar-refractivity contribution is 5.26. The molecule has 258 valence electrons. The van der Waals surface area contributed by atoms with Crippen LogP contribution in [0.2, 0.25) is 0 Å². The predicted octanol–water partition coefficient (Wildman–Crippen LogP) is 4.07. The molecule has 0 radical (unpaired) electrons. The van der Waals surface area contributed by atoms with Crippen LogP contribution in [0.1, 0.15) is 51.0 Å². The Labute approximate surface area is 265 Å². The Morgan fingerprint density at radius 3 is 1.18 bits per heavy atom. The fourth-order valence-corrected chi connectivity index (χ4v) is 3.77. The van der Waals surface area contributed by atoms with Gasteiger partial charge in [0.2, 0.25) is 0 Å². The van der Waals surface area contributed by atoms with Gasteiger partial charge in [0.1, 0.15) is 5.75 Å². The van der Waals surface area contributed by atoms with Crippen molar-refractivity contribution in [1.29, 1.82) is 0 Å². The second-order valence-corrected chi connectivity index (χ2v) is 9.94. The Hall–Kier alpha value is -1.38. The maximum atomic E-state index is 8.58. The fraction of sp³-hybridized carbons (Fsp3) is 0.818. The average Bonchev–Trinajstić information content (AvgIpc) is 3.04. The standard InChI is InChI=1S/C33H60O11/c1-2-3-4-5-6-7-13-44-33-10-8-32(9-11-33)31-43-30-29-42-28-27-41-26-25-40-24-23-39-22-21-38-20-19-37-18-17-36-16-15-35-14-12-34/h8-11,34H,2-7,12-31H2,1H3. The van der Waals surface area contributed by atoms with Gasteiger partial charge in [0.05, 0.1) is 132 Å². The molecule has 1 N–H and O–H groups in total. The molecule has 1 aromatic rings. The van der Waals surface area contributed by atoms with E-state index in [9.17, 15) is 0 Å². The summed E-state index contributed by atoms with van der Waals surface area (Å²) < 4.78 is 54.8. The lowest BCUT2D eigenvalue weighted by atomic mass is 10.1. The van der Waals surface area contributed by atoms with E-state index in [0.717, 1.165) is 24.3 Å². The Kier molecular flexibility index (Phi) is 31.9. The summed E-state index contributed by atoms with van der Waals surface area (Å²) >= 11 is 0. The first-order valence-electron chi connectivity index (χ1n) is 16.4. The molecular weight excluding hydrogens is 572 g/mol. The summed E-state index contributed by atoms with van der Waals surface area (Å²) in [6.45, 7) is 12.2. The van der Waals surface area contributed by atoms with E-state index >= 15 is 0 Å². The third-order valence-corrected chi connectivity index (χ3v) is 6.17. The molecule has 0 spiro atoms. The number of hydrogen-bond donors (Lipinski definition) is 1. The summed E-state index contributed by atoms with van der Waals surface area (Å²) in [5.41, 5.74) is 1.12. The molecule has 44 heavy (non-hydrogen) atoms. The van der Waals surface area contributed by atoms with E-state index in [4.69, 9.17) is 52.5 Å². The minimum atomic E-state index is 0.0282. The van der Waals surface area contributed by atoms with E-state index in [0.29, 0.717) is 119 Å². The van der Waals surface area contributed by atoms with Gasteiger partial charge in [-0.1, -0.05) is 51.2 Å². The van der Waals surface area contributed by atoms with Crippen molar-refractivity contribution in [3.63, 3.8) is 0 Å². The molecule has 11 heteroatoms. The van der Waals surface area contributed by atoms with Gasteiger partial charge < -0.3 is 52.5 Å². The normalized spacial score (nSPS) is 11.4. The molecule has 0 aliphatic carbocycles. The molecular formula is C33H60O11. The van der Waals surface area contributed by atoms with Gasteiger partial charge in [0.15, 0.2) is 0 Å². The number of ether oxygens (including phenoxy) is 10. The molecule has 0 atom stereocenters. The van der Waals surface area contributed by atoms with Gasteiger partial charge in [0, 0.05) is 0 Å². The molecule has 0 saturated carbocycles. The van der Waals surface area contributed by atoms with Crippen molar-refractivity contribution in [2.24, 2.45) is 0 Å². The molecule has 0 aliphatic heterocycles. The molecule has 0 aromatic heterocycles. The predicted molar refractivity (Wildman–Crippen MR) is 169 cm³/mol.